The molecule has 0 saturated carbocycles. The predicted molar refractivity (Wildman–Crippen MR) is 130 cm³/mol. The van der Waals surface area contributed by atoms with Crippen LogP contribution in [0.4, 0.5) is 14.5 Å². The number of allylic oxidation sites excluding steroid dienone is 1. The Bertz CT molecular complexity index is 1320. The van der Waals surface area contributed by atoms with Crippen molar-refractivity contribution in [2.24, 2.45) is 5.73 Å². The van der Waals surface area contributed by atoms with Crippen molar-refractivity contribution in [2.75, 3.05) is 32.3 Å². The third-order valence-electron chi connectivity index (χ3n) is 6.30. The Morgan fingerprint density at radius 3 is 2.21 bits per heavy atom. The van der Waals surface area contributed by atoms with E-state index in [-0.39, 0.29) is 22.7 Å². The van der Waals surface area contributed by atoms with Crippen LogP contribution in [0.2, 0.25) is 0 Å². The molecule has 2 aliphatic heterocycles. The lowest BCUT2D eigenvalue weighted by atomic mass is 9.81. The van der Waals surface area contributed by atoms with Crippen molar-refractivity contribution < 1.29 is 37.3 Å². The number of anilines is 1. The molecular formula is C27H25F2N3O6. The summed E-state index contributed by atoms with van der Waals surface area (Å²) in [7, 11) is 2.18. The summed E-state index contributed by atoms with van der Waals surface area (Å²) in [6.07, 6.45) is 0.492. The molecule has 2 aliphatic rings. The average Bonchev–Trinajstić information content (AvgIpc) is 2.94. The Kier molecular flexibility index (Phi) is 7.93. The second kappa shape index (κ2) is 11.3. The lowest BCUT2D eigenvalue weighted by molar-refractivity contribution is -0.139. The van der Waals surface area contributed by atoms with Gasteiger partial charge in [-0.3, -0.25) is 4.90 Å². The Hall–Kier alpha value is -4.43. The summed E-state index contributed by atoms with van der Waals surface area (Å²) < 4.78 is 51.1. The van der Waals surface area contributed by atoms with Crippen LogP contribution in [0, 0.1) is 23.0 Å². The highest BCUT2D eigenvalue weighted by molar-refractivity contribution is 6.06. The van der Waals surface area contributed by atoms with Crippen molar-refractivity contribution >= 4 is 17.6 Å². The summed E-state index contributed by atoms with van der Waals surface area (Å²) in [6.45, 7) is 0.814. The van der Waals surface area contributed by atoms with E-state index in [0.717, 1.165) is 31.3 Å². The standard InChI is InChI=1S/C27H25F2N3O6/c1-35-26(33)22-21(15-6-4-3-5-7-15)18(14-30)25(31)32(23(22)27(34)36-2)16-12-19(28)24(20(29)13-16)38-17-8-10-37-11-9-17/h3-7,12-13,17,21H,8-11,31H2,1-2H3. The summed E-state index contributed by atoms with van der Waals surface area (Å²) in [5.41, 5.74) is 5.71. The molecule has 0 amide bonds. The van der Waals surface area contributed by atoms with Crippen LogP contribution in [0.1, 0.15) is 24.3 Å². The fourth-order valence-electron chi connectivity index (χ4n) is 4.53. The second-order valence-electron chi connectivity index (χ2n) is 8.50. The first-order chi connectivity index (χ1) is 18.3. The monoisotopic (exact) mass is 525 g/mol. The predicted octanol–water partition coefficient (Wildman–Crippen LogP) is 3.42. The summed E-state index contributed by atoms with van der Waals surface area (Å²) in [4.78, 5) is 27.1. The smallest absolute Gasteiger partial charge is 0.355 e. The van der Waals surface area contributed by atoms with E-state index in [1.807, 2.05) is 6.07 Å². The van der Waals surface area contributed by atoms with Gasteiger partial charge in [-0.1, -0.05) is 30.3 Å². The van der Waals surface area contributed by atoms with E-state index in [0.29, 0.717) is 31.6 Å². The summed E-state index contributed by atoms with van der Waals surface area (Å²) >= 11 is 0. The summed E-state index contributed by atoms with van der Waals surface area (Å²) in [5, 5.41) is 10.1. The van der Waals surface area contributed by atoms with Gasteiger partial charge in [0.05, 0.1) is 56.3 Å². The molecule has 1 fully saturated rings. The number of ether oxygens (including phenoxy) is 4. The van der Waals surface area contributed by atoms with Gasteiger partial charge >= 0.3 is 11.9 Å². The first kappa shape index (κ1) is 26.6. The molecule has 0 radical (unpaired) electrons. The van der Waals surface area contributed by atoms with Crippen molar-refractivity contribution in [1.82, 2.24) is 0 Å². The van der Waals surface area contributed by atoms with Gasteiger partial charge in [-0.25, -0.2) is 18.4 Å². The largest absolute Gasteiger partial charge is 0.484 e. The molecule has 198 valence electrons. The number of nitriles is 1. The van der Waals surface area contributed by atoms with Crippen molar-refractivity contribution in [1.29, 1.82) is 5.26 Å². The molecule has 2 N–H and O–H groups in total. The maximum atomic E-state index is 15.2. The summed E-state index contributed by atoms with van der Waals surface area (Å²) in [6, 6.07) is 12.2. The summed E-state index contributed by atoms with van der Waals surface area (Å²) in [5.74, 6) is -6.13. The molecule has 38 heavy (non-hydrogen) atoms. The topological polar surface area (TPSA) is 124 Å². The van der Waals surface area contributed by atoms with Gasteiger partial charge in [-0.2, -0.15) is 5.26 Å². The lowest BCUT2D eigenvalue weighted by Crippen LogP contribution is -2.40. The normalized spacial score (nSPS) is 18.2. The number of hydrogen-bond acceptors (Lipinski definition) is 9. The van der Waals surface area contributed by atoms with Crippen LogP contribution in [0.3, 0.4) is 0 Å². The minimum atomic E-state index is -1.11. The van der Waals surface area contributed by atoms with Gasteiger partial charge in [0.15, 0.2) is 17.4 Å². The number of carbonyl (C=O) groups excluding carboxylic acids is 2. The number of nitrogens with two attached hydrogens (primary N) is 1. The van der Waals surface area contributed by atoms with Crippen LogP contribution in [0.15, 0.2) is 65.1 Å². The Balaban J connectivity index is 1.91. The minimum Gasteiger partial charge on any atom is -0.484 e. The molecule has 1 saturated heterocycles. The highest BCUT2D eigenvalue weighted by Gasteiger charge is 2.43. The van der Waals surface area contributed by atoms with Crippen LogP contribution >= 0.6 is 0 Å². The third kappa shape index (κ3) is 4.90. The number of methoxy groups -OCH3 is 2. The van der Waals surface area contributed by atoms with Crippen LogP contribution in [-0.2, 0) is 23.8 Å². The Labute approximate surface area is 217 Å². The van der Waals surface area contributed by atoms with Gasteiger partial charge in [0.1, 0.15) is 17.6 Å². The molecule has 0 bridgehead atoms. The zero-order chi connectivity index (χ0) is 27.4. The van der Waals surface area contributed by atoms with Crippen LogP contribution in [-0.4, -0.2) is 45.5 Å². The van der Waals surface area contributed by atoms with Gasteiger partial charge in [0.2, 0.25) is 0 Å². The highest BCUT2D eigenvalue weighted by atomic mass is 19.1. The van der Waals surface area contributed by atoms with Gasteiger partial charge in [-0.05, 0) is 5.56 Å². The first-order valence-corrected chi connectivity index (χ1v) is 11.7. The van der Waals surface area contributed by atoms with Gasteiger partial charge < -0.3 is 24.7 Å². The number of rotatable bonds is 6. The van der Waals surface area contributed by atoms with Gasteiger partial charge in [0.25, 0.3) is 0 Å². The zero-order valence-electron chi connectivity index (χ0n) is 20.7. The van der Waals surface area contributed by atoms with E-state index in [1.54, 1.807) is 30.3 Å². The molecule has 2 heterocycles. The number of halogens is 2. The molecule has 9 nitrogen and oxygen atoms in total. The van der Waals surface area contributed by atoms with Gasteiger partial charge in [-0.15, -0.1) is 0 Å². The number of nitrogens with zero attached hydrogens (tertiary/aromatic N) is 2. The van der Waals surface area contributed by atoms with E-state index in [2.05, 4.69) is 0 Å². The maximum absolute atomic E-state index is 15.2. The van der Waals surface area contributed by atoms with E-state index >= 15 is 8.78 Å². The molecule has 4 rings (SSSR count). The van der Waals surface area contributed by atoms with E-state index in [1.165, 1.54) is 0 Å². The first-order valence-electron chi connectivity index (χ1n) is 11.7. The Morgan fingerprint density at radius 1 is 1.05 bits per heavy atom. The molecular weight excluding hydrogens is 500 g/mol. The van der Waals surface area contributed by atoms with Crippen LogP contribution in [0.25, 0.3) is 0 Å². The number of carbonyl (C=O) groups is 2. The van der Waals surface area contributed by atoms with E-state index in [9.17, 15) is 14.9 Å². The third-order valence-corrected chi connectivity index (χ3v) is 6.30. The van der Waals surface area contributed by atoms with Crippen molar-refractivity contribution in [3.05, 3.63) is 82.3 Å². The van der Waals surface area contributed by atoms with Crippen molar-refractivity contribution in [2.45, 2.75) is 24.9 Å². The quantitative estimate of drug-likeness (QED) is 0.565. The lowest BCUT2D eigenvalue weighted by Gasteiger charge is -2.36. The molecule has 0 aliphatic carbocycles. The molecule has 2 aromatic rings. The van der Waals surface area contributed by atoms with E-state index < -0.39 is 47.0 Å². The highest BCUT2D eigenvalue weighted by Crippen LogP contribution is 2.44. The number of benzene rings is 2. The molecule has 11 heteroatoms. The van der Waals surface area contributed by atoms with Crippen molar-refractivity contribution in [3.8, 4) is 11.8 Å². The Morgan fingerprint density at radius 2 is 1.66 bits per heavy atom. The van der Waals surface area contributed by atoms with Crippen molar-refractivity contribution in [3.63, 3.8) is 0 Å². The SMILES string of the molecule is COC(=O)C1=C(C(=O)OC)N(c2cc(F)c(OC3CCOCC3)c(F)c2)C(N)=C(C#N)C1c1ccccc1. The molecule has 1 atom stereocenters. The second-order valence-corrected chi connectivity index (χ2v) is 8.50. The fourth-order valence-corrected chi connectivity index (χ4v) is 4.53. The van der Waals surface area contributed by atoms with E-state index in [4.69, 9.17) is 24.7 Å². The maximum Gasteiger partial charge on any atom is 0.355 e. The van der Waals surface area contributed by atoms with Crippen LogP contribution < -0.4 is 15.4 Å². The number of hydrogen-bond donors (Lipinski definition) is 1. The van der Waals surface area contributed by atoms with Crippen LogP contribution in [0.5, 0.6) is 5.75 Å². The molecule has 2 aromatic carbocycles. The minimum absolute atomic E-state index is 0.132. The average molecular weight is 526 g/mol. The number of esters is 2. The molecule has 0 spiro atoms. The molecule has 0 aromatic heterocycles. The fraction of sp³-hybridized carbons (Fsp3) is 0.296. The van der Waals surface area contributed by atoms with Gasteiger partial charge in [0, 0.05) is 25.0 Å². The zero-order valence-corrected chi connectivity index (χ0v) is 20.7. The molecule has 1 unspecified atom stereocenters.